The van der Waals surface area contributed by atoms with E-state index in [1.807, 2.05) is 45.0 Å². The van der Waals surface area contributed by atoms with Gasteiger partial charge in [-0.25, -0.2) is 0 Å². The maximum Gasteiger partial charge on any atom is 0.120 e. The molecule has 100 valence electrons. The van der Waals surface area contributed by atoms with Crippen molar-refractivity contribution in [1.82, 2.24) is 0 Å². The molecule has 0 radical (unpaired) electrons. The lowest BCUT2D eigenvalue weighted by Crippen LogP contribution is -2.07. The van der Waals surface area contributed by atoms with Crippen LogP contribution in [0.2, 0.25) is 0 Å². The molecule has 0 aliphatic carbocycles. The van der Waals surface area contributed by atoms with Gasteiger partial charge in [-0.05, 0) is 50.6 Å². The van der Waals surface area contributed by atoms with E-state index in [1.165, 1.54) is 0 Å². The van der Waals surface area contributed by atoms with Crippen LogP contribution in [0.3, 0.4) is 0 Å². The van der Waals surface area contributed by atoms with Crippen molar-refractivity contribution in [2.75, 3.05) is 5.32 Å². The molecule has 2 rings (SSSR count). The molecular weight excluding hydrogens is 238 g/mol. The van der Waals surface area contributed by atoms with E-state index in [1.54, 1.807) is 12.1 Å². The fourth-order valence-electron chi connectivity index (χ4n) is 2.09. The average molecular weight is 257 g/mol. The number of aromatic hydroxyl groups is 2. The fraction of sp³-hybridized carbons (Fsp3) is 0.250. The summed E-state index contributed by atoms with van der Waals surface area (Å²) in [6.07, 6.45) is 0. The van der Waals surface area contributed by atoms with Gasteiger partial charge in [-0.1, -0.05) is 17.7 Å². The Hall–Kier alpha value is -2.16. The van der Waals surface area contributed by atoms with Crippen LogP contribution in [0.4, 0.5) is 5.69 Å². The first-order valence-electron chi connectivity index (χ1n) is 6.33. The van der Waals surface area contributed by atoms with Gasteiger partial charge in [-0.2, -0.15) is 0 Å². The lowest BCUT2D eigenvalue weighted by molar-refractivity contribution is 0.465. The molecule has 0 aliphatic rings. The van der Waals surface area contributed by atoms with Crippen molar-refractivity contribution in [1.29, 1.82) is 0 Å². The third kappa shape index (κ3) is 2.99. The number of hydrogen-bond acceptors (Lipinski definition) is 3. The number of aryl methyl sites for hydroxylation is 2. The summed E-state index contributed by atoms with van der Waals surface area (Å²) in [5.74, 6) is 0.581. The van der Waals surface area contributed by atoms with E-state index in [0.29, 0.717) is 5.75 Å². The van der Waals surface area contributed by atoms with Gasteiger partial charge in [0, 0.05) is 11.3 Å². The molecule has 2 aromatic carbocycles. The molecule has 1 atom stereocenters. The summed E-state index contributed by atoms with van der Waals surface area (Å²) >= 11 is 0. The highest BCUT2D eigenvalue weighted by Crippen LogP contribution is 2.29. The predicted molar refractivity (Wildman–Crippen MR) is 77.7 cm³/mol. The summed E-state index contributed by atoms with van der Waals surface area (Å²) < 4.78 is 0. The van der Waals surface area contributed by atoms with Crippen LogP contribution >= 0.6 is 0 Å². The standard InChI is InChI=1S/C16H19NO2/c1-10-4-6-16(19)14(8-10)12(3)17-13-5-7-15(18)11(2)9-13/h4-9,12,17-19H,1-3H3. The van der Waals surface area contributed by atoms with Gasteiger partial charge in [0.2, 0.25) is 0 Å². The van der Waals surface area contributed by atoms with Crippen LogP contribution in [0.25, 0.3) is 0 Å². The second-order valence-corrected chi connectivity index (χ2v) is 4.93. The summed E-state index contributed by atoms with van der Waals surface area (Å²) in [5, 5.41) is 22.7. The molecule has 0 spiro atoms. The first-order chi connectivity index (χ1) is 8.97. The minimum Gasteiger partial charge on any atom is -0.508 e. The van der Waals surface area contributed by atoms with E-state index < -0.39 is 0 Å². The number of hydrogen-bond donors (Lipinski definition) is 3. The highest BCUT2D eigenvalue weighted by molar-refractivity contribution is 5.52. The number of rotatable bonds is 3. The van der Waals surface area contributed by atoms with E-state index in [0.717, 1.165) is 22.4 Å². The molecule has 0 heterocycles. The van der Waals surface area contributed by atoms with E-state index in [4.69, 9.17) is 0 Å². The normalized spacial score (nSPS) is 12.2. The maximum atomic E-state index is 9.90. The number of benzene rings is 2. The molecule has 3 heteroatoms. The molecule has 3 nitrogen and oxygen atoms in total. The van der Waals surface area contributed by atoms with Crippen molar-refractivity contribution in [3.63, 3.8) is 0 Å². The molecular formula is C16H19NO2. The fourth-order valence-corrected chi connectivity index (χ4v) is 2.09. The Morgan fingerprint density at radius 1 is 0.947 bits per heavy atom. The maximum absolute atomic E-state index is 9.90. The SMILES string of the molecule is Cc1ccc(O)c(C(C)Nc2ccc(O)c(C)c2)c1. The molecule has 2 aromatic rings. The largest absolute Gasteiger partial charge is 0.508 e. The van der Waals surface area contributed by atoms with Crippen LogP contribution in [0.15, 0.2) is 36.4 Å². The number of nitrogens with one attached hydrogen (secondary N) is 1. The summed E-state index contributed by atoms with van der Waals surface area (Å²) in [6.45, 7) is 5.85. The van der Waals surface area contributed by atoms with E-state index in [-0.39, 0.29) is 11.8 Å². The third-order valence-electron chi connectivity index (χ3n) is 3.23. The van der Waals surface area contributed by atoms with Crippen LogP contribution in [0, 0.1) is 13.8 Å². The minimum atomic E-state index is -0.0103. The van der Waals surface area contributed by atoms with E-state index in [2.05, 4.69) is 5.32 Å². The molecule has 3 N–H and O–H groups in total. The second-order valence-electron chi connectivity index (χ2n) is 4.93. The molecule has 19 heavy (non-hydrogen) atoms. The Bertz CT molecular complexity index is 593. The number of phenolic OH excluding ortho intramolecular Hbond substituents is 2. The first-order valence-corrected chi connectivity index (χ1v) is 6.33. The number of phenols is 2. The van der Waals surface area contributed by atoms with Gasteiger partial charge in [0.25, 0.3) is 0 Å². The van der Waals surface area contributed by atoms with Crippen LogP contribution in [0.5, 0.6) is 11.5 Å². The summed E-state index contributed by atoms with van der Waals surface area (Å²) in [7, 11) is 0. The van der Waals surface area contributed by atoms with Gasteiger partial charge in [0.05, 0.1) is 6.04 Å². The molecule has 0 saturated heterocycles. The molecule has 0 amide bonds. The highest BCUT2D eigenvalue weighted by atomic mass is 16.3. The summed E-state index contributed by atoms with van der Waals surface area (Å²) in [4.78, 5) is 0. The zero-order valence-electron chi connectivity index (χ0n) is 11.4. The molecule has 0 aromatic heterocycles. The van der Waals surface area contributed by atoms with Crippen molar-refractivity contribution in [2.45, 2.75) is 26.8 Å². The van der Waals surface area contributed by atoms with Crippen molar-refractivity contribution in [3.05, 3.63) is 53.1 Å². The molecule has 1 unspecified atom stereocenters. The highest BCUT2D eigenvalue weighted by Gasteiger charge is 2.11. The zero-order valence-corrected chi connectivity index (χ0v) is 11.4. The van der Waals surface area contributed by atoms with Gasteiger partial charge >= 0.3 is 0 Å². The Balaban J connectivity index is 2.22. The Kier molecular flexibility index (Phi) is 3.65. The minimum absolute atomic E-state index is 0.0103. The predicted octanol–water partition coefficient (Wildman–Crippen LogP) is 3.89. The van der Waals surface area contributed by atoms with E-state index >= 15 is 0 Å². The van der Waals surface area contributed by atoms with Gasteiger partial charge in [-0.3, -0.25) is 0 Å². The van der Waals surface area contributed by atoms with Gasteiger partial charge in [0.15, 0.2) is 0 Å². The lowest BCUT2D eigenvalue weighted by atomic mass is 10.0. The Morgan fingerprint density at radius 2 is 1.63 bits per heavy atom. The van der Waals surface area contributed by atoms with Crippen molar-refractivity contribution in [2.24, 2.45) is 0 Å². The van der Waals surface area contributed by atoms with Crippen molar-refractivity contribution in [3.8, 4) is 11.5 Å². The zero-order chi connectivity index (χ0) is 14.0. The molecule has 0 aliphatic heterocycles. The molecule has 0 fully saturated rings. The third-order valence-corrected chi connectivity index (χ3v) is 3.23. The molecule has 0 saturated carbocycles. The second kappa shape index (κ2) is 5.22. The smallest absolute Gasteiger partial charge is 0.120 e. The average Bonchev–Trinajstić information content (AvgIpc) is 2.36. The van der Waals surface area contributed by atoms with Crippen LogP contribution in [-0.4, -0.2) is 10.2 Å². The van der Waals surface area contributed by atoms with Gasteiger partial charge < -0.3 is 15.5 Å². The van der Waals surface area contributed by atoms with Crippen molar-refractivity contribution < 1.29 is 10.2 Å². The van der Waals surface area contributed by atoms with Crippen LogP contribution < -0.4 is 5.32 Å². The van der Waals surface area contributed by atoms with Crippen molar-refractivity contribution >= 4 is 5.69 Å². The van der Waals surface area contributed by atoms with Gasteiger partial charge in [-0.15, -0.1) is 0 Å². The monoisotopic (exact) mass is 257 g/mol. The quantitative estimate of drug-likeness (QED) is 0.731. The number of anilines is 1. The Labute approximate surface area is 113 Å². The Morgan fingerprint density at radius 3 is 2.32 bits per heavy atom. The lowest BCUT2D eigenvalue weighted by Gasteiger charge is -2.18. The van der Waals surface area contributed by atoms with Crippen LogP contribution in [-0.2, 0) is 0 Å². The summed E-state index contributed by atoms with van der Waals surface area (Å²) in [6, 6.07) is 10.9. The first kappa shape index (κ1) is 13.3. The van der Waals surface area contributed by atoms with Gasteiger partial charge in [0.1, 0.15) is 11.5 Å². The van der Waals surface area contributed by atoms with Crippen LogP contribution in [0.1, 0.15) is 29.7 Å². The molecule has 0 bridgehead atoms. The van der Waals surface area contributed by atoms with E-state index in [9.17, 15) is 10.2 Å². The summed E-state index contributed by atoms with van der Waals surface area (Å²) in [5.41, 5.74) is 3.73. The topological polar surface area (TPSA) is 52.5 Å².